The van der Waals surface area contributed by atoms with E-state index in [0.29, 0.717) is 12.6 Å². The van der Waals surface area contributed by atoms with Gasteiger partial charge >= 0.3 is 0 Å². The lowest BCUT2D eigenvalue weighted by molar-refractivity contribution is 0.170. The van der Waals surface area contributed by atoms with E-state index >= 15 is 0 Å². The molecule has 3 N–H and O–H groups in total. The lowest BCUT2D eigenvalue weighted by Gasteiger charge is -2.17. The van der Waals surface area contributed by atoms with Gasteiger partial charge in [0.1, 0.15) is 5.75 Å². The first-order chi connectivity index (χ1) is 10.5. The van der Waals surface area contributed by atoms with Crippen LogP contribution in [0, 0.1) is 6.92 Å². The maximum Gasteiger partial charge on any atom is 0.115 e. The molecular formula is C19H25NO2. The van der Waals surface area contributed by atoms with Crippen molar-refractivity contribution in [2.75, 3.05) is 6.54 Å². The highest BCUT2D eigenvalue weighted by molar-refractivity contribution is 5.27. The molecule has 0 saturated carbocycles. The summed E-state index contributed by atoms with van der Waals surface area (Å²) in [6.07, 6.45) is 1.51. The fourth-order valence-electron chi connectivity index (χ4n) is 2.37. The molecule has 3 heteroatoms. The van der Waals surface area contributed by atoms with Crippen LogP contribution in [0.4, 0.5) is 0 Å². The molecule has 0 aliphatic heterocycles. The maximum atomic E-state index is 10.1. The Balaban J connectivity index is 1.73. The maximum absolute atomic E-state index is 10.1. The highest BCUT2D eigenvalue weighted by Crippen LogP contribution is 2.16. The van der Waals surface area contributed by atoms with Gasteiger partial charge in [-0.15, -0.1) is 0 Å². The molecule has 2 aromatic carbocycles. The number of phenolic OH excluding ortho intramolecular Hbond substituents is 1. The summed E-state index contributed by atoms with van der Waals surface area (Å²) in [5.74, 6) is 0.218. The predicted octanol–water partition coefficient (Wildman–Crippen LogP) is 3.34. The molecule has 0 fully saturated rings. The van der Waals surface area contributed by atoms with E-state index in [-0.39, 0.29) is 5.75 Å². The van der Waals surface area contributed by atoms with Crippen molar-refractivity contribution in [2.24, 2.45) is 0 Å². The Morgan fingerprint density at radius 3 is 2.27 bits per heavy atom. The Morgan fingerprint density at radius 1 is 1.00 bits per heavy atom. The van der Waals surface area contributed by atoms with E-state index in [1.165, 1.54) is 11.1 Å². The molecule has 2 atom stereocenters. The second-order valence-corrected chi connectivity index (χ2v) is 5.94. The van der Waals surface area contributed by atoms with Gasteiger partial charge in [-0.3, -0.25) is 0 Å². The SMILES string of the molecule is Cc1ccc(CCC(C)NCC(O)c2ccc(O)cc2)cc1. The summed E-state index contributed by atoms with van der Waals surface area (Å²) in [4.78, 5) is 0. The molecule has 0 saturated heterocycles. The van der Waals surface area contributed by atoms with Crippen LogP contribution in [0.3, 0.4) is 0 Å². The van der Waals surface area contributed by atoms with E-state index in [2.05, 4.69) is 43.4 Å². The van der Waals surface area contributed by atoms with Gasteiger partial charge in [0, 0.05) is 12.6 Å². The molecular weight excluding hydrogens is 274 g/mol. The first kappa shape index (κ1) is 16.5. The largest absolute Gasteiger partial charge is 0.508 e. The molecule has 2 rings (SSSR count). The predicted molar refractivity (Wildman–Crippen MR) is 90.0 cm³/mol. The number of aliphatic hydroxyl groups excluding tert-OH is 1. The number of aryl methyl sites for hydroxylation is 2. The fraction of sp³-hybridized carbons (Fsp3) is 0.368. The van der Waals surface area contributed by atoms with Crippen molar-refractivity contribution in [1.82, 2.24) is 5.32 Å². The van der Waals surface area contributed by atoms with Crippen molar-refractivity contribution in [1.29, 1.82) is 0 Å². The van der Waals surface area contributed by atoms with Crippen LogP contribution < -0.4 is 5.32 Å². The van der Waals surface area contributed by atoms with Crippen LogP contribution in [0.1, 0.15) is 36.1 Å². The summed E-state index contributed by atoms with van der Waals surface area (Å²) in [7, 11) is 0. The van der Waals surface area contributed by atoms with Crippen molar-refractivity contribution in [3.05, 3.63) is 65.2 Å². The molecule has 118 valence electrons. The van der Waals surface area contributed by atoms with Gasteiger partial charge < -0.3 is 15.5 Å². The van der Waals surface area contributed by atoms with Gasteiger partial charge in [-0.1, -0.05) is 42.0 Å². The van der Waals surface area contributed by atoms with Crippen LogP contribution in [0.25, 0.3) is 0 Å². The Morgan fingerprint density at radius 2 is 1.64 bits per heavy atom. The lowest BCUT2D eigenvalue weighted by atomic mass is 10.0. The molecule has 0 amide bonds. The van der Waals surface area contributed by atoms with Gasteiger partial charge in [0.25, 0.3) is 0 Å². The Bertz CT molecular complexity index is 563. The summed E-state index contributed by atoms with van der Waals surface area (Å²) in [5.41, 5.74) is 3.45. The number of benzene rings is 2. The highest BCUT2D eigenvalue weighted by atomic mass is 16.3. The minimum Gasteiger partial charge on any atom is -0.508 e. The van der Waals surface area contributed by atoms with Crippen molar-refractivity contribution in [3.8, 4) is 5.75 Å². The van der Waals surface area contributed by atoms with Crippen molar-refractivity contribution < 1.29 is 10.2 Å². The van der Waals surface area contributed by atoms with E-state index in [4.69, 9.17) is 0 Å². The van der Waals surface area contributed by atoms with Crippen LogP contribution >= 0.6 is 0 Å². The normalized spacial score (nSPS) is 13.8. The Labute approximate surface area is 132 Å². The summed E-state index contributed by atoms with van der Waals surface area (Å²) >= 11 is 0. The van der Waals surface area contributed by atoms with Crippen molar-refractivity contribution in [3.63, 3.8) is 0 Å². The van der Waals surface area contributed by atoms with Crippen LogP contribution in [0.2, 0.25) is 0 Å². The quantitative estimate of drug-likeness (QED) is 0.735. The van der Waals surface area contributed by atoms with E-state index in [1.54, 1.807) is 24.3 Å². The van der Waals surface area contributed by atoms with Crippen LogP contribution in [0.15, 0.2) is 48.5 Å². The molecule has 0 bridgehead atoms. The van der Waals surface area contributed by atoms with E-state index in [1.807, 2.05) is 0 Å². The highest BCUT2D eigenvalue weighted by Gasteiger charge is 2.09. The standard InChI is InChI=1S/C19H25NO2/c1-14-3-6-16(7-4-14)8-5-15(2)20-13-19(22)17-9-11-18(21)12-10-17/h3-4,6-7,9-12,15,19-22H,5,8,13H2,1-2H3. The molecule has 2 aromatic rings. The number of nitrogens with one attached hydrogen (secondary N) is 1. The summed E-state index contributed by atoms with van der Waals surface area (Å²) in [5, 5.41) is 22.8. The summed E-state index contributed by atoms with van der Waals surface area (Å²) in [6, 6.07) is 15.7. The molecule has 0 aliphatic carbocycles. The monoisotopic (exact) mass is 299 g/mol. The third-order valence-electron chi connectivity index (χ3n) is 3.92. The Hall–Kier alpha value is -1.84. The van der Waals surface area contributed by atoms with Gasteiger partial charge in [-0.2, -0.15) is 0 Å². The Kier molecular flexibility index (Phi) is 5.99. The number of hydrogen-bond donors (Lipinski definition) is 3. The van der Waals surface area contributed by atoms with Gasteiger partial charge in [0.15, 0.2) is 0 Å². The molecule has 0 aliphatic rings. The molecule has 3 nitrogen and oxygen atoms in total. The van der Waals surface area contributed by atoms with Gasteiger partial charge in [0.2, 0.25) is 0 Å². The number of hydrogen-bond acceptors (Lipinski definition) is 3. The van der Waals surface area contributed by atoms with Crippen LogP contribution in [0.5, 0.6) is 5.75 Å². The number of phenols is 1. The van der Waals surface area contributed by atoms with Gasteiger partial charge in [0.05, 0.1) is 6.10 Å². The lowest BCUT2D eigenvalue weighted by Crippen LogP contribution is -2.30. The van der Waals surface area contributed by atoms with E-state index < -0.39 is 6.10 Å². The average Bonchev–Trinajstić information content (AvgIpc) is 2.52. The summed E-state index contributed by atoms with van der Waals surface area (Å²) in [6.45, 7) is 4.75. The number of aromatic hydroxyl groups is 1. The van der Waals surface area contributed by atoms with Crippen molar-refractivity contribution >= 4 is 0 Å². The van der Waals surface area contributed by atoms with Crippen molar-refractivity contribution in [2.45, 2.75) is 38.8 Å². The smallest absolute Gasteiger partial charge is 0.115 e. The molecule has 0 heterocycles. The number of rotatable bonds is 7. The zero-order valence-corrected chi connectivity index (χ0v) is 13.3. The zero-order chi connectivity index (χ0) is 15.9. The van der Waals surface area contributed by atoms with Gasteiger partial charge in [-0.25, -0.2) is 0 Å². The number of aliphatic hydroxyl groups is 1. The molecule has 0 radical (unpaired) electrons. The fourth-order valence-corrected chi connectivity index (χ4v) is 2.37. The third-order valence-corrected chi connectivity index (χ3v) is 3.92. The second-order valence-electron chi connectivity index (χ2n) is 5.94. The third kappa shape index (κ3) is 5.17. The molecule has 0 spiro atoms. The van der Waals surface area contributed by atoms with Gasteiger partial charge in [-0.05, 0) is 49.9 Å². The molecule has 2 unspecified atom stereocenters. The second kappa shape index (κ2) is 7.97. The zero-order valence-electron chi connectivity index (χ0n) is 13.3. The van der Waals surface area contributed by atoms with Crippen LogP contribution in [-0.2, 0) is 6.42 Å². The van der Waals surface area contributed by atoms with E-state index in [9.17, 15) is 10.2 Å². The topological polar surface area (TPSA) is 52.5 Å². The minimum absolute atomic E-state index is 0.218. The van der Waals surface area contributed by atoms with E-state index in [0.717, 1.165) is 18.4 Å². The molecule has 22 heavy (non-hydrogen) atoms. The molecule has 0 aromatic heterocycles. The first-order valence-electron chi connectivity index (χ1n) is 7.80. The summed E-state index contributed by atoms with van der Waals surface area (Å²) < 4.78 is 0. The average molecular weight is 299 g/mol. The van der Waals surface area contributed by atoms with Crippen LogP contribution in [-0.4, -0.2) is 22.8 Å². The first-order valence-corrected chi connectivity index (χ1v) is 7.80. The minimum atomic E-state index is -0.553.